The number of nitrogens with one attached hydrogen (secondary N) is 1. The van der Waals surface area contributed by atoms with Gasteiger partial charge in [-0.05, 0) is 24.8 Å². The fourth-order valence-electron chi connectivity index (χ4n) is 4.47. The summed E-state index contributed by atoms with van der Waals surface area (Å²) in [5, 5.41) is 2.97. The summed E-state index contributed by atoms with van der Waals surface area (Å²) in [4.78, 5) is 29.5. The van der Waals surface area contributed by atoms with Gasteiger partial charge in [-0.15, -0.1) is 0 Å². The van der Waals surface area contributed by atoms with Gasteiger partial charge in [0.05, 0.1) is 6.04 Å². The van der Waals surface area contributed by atoms with Crippen molar-refractivity contribution in [3.05, 3.63) is 35.6 Å². The minimum Gasteiger partial charge on any atom is -0.351 e. The van der Waals surface area contributed by atoms with Crippen LogP contribution in [-0.4, -0.2) is 53.8 Å². The quantitative estimate of drug-likeness (QED) is 0.814. The molecular formula is C22H32FN3O2. The van der Waals surface area contributed by atoms with Gasteiger partial charge in [0, 0.05) is 44.2 Å². The molecule has 2 aliphatic rings. The van der Waals surface area contributed by atoms with Gasteiger partial charge in [0.15, 0.2) is 0 Å². The summed E-state index contributed by atoms with van der Waals surface area (Å²) < 4.78 is 13.9. The lowest BCUT2D eigenvalue weighted by Crippen LogP contribution is -2.58. The van der Waals surface area contributed by atoms with Crippen LogP contribution in [0, 0.1) is 17.7 Å². The molecule has 0 bridgehead atoms. The van der Waals surface area contributed by atoms with E-state index in [-0.39, 0.29) is 36.1 Å². The fraction of sp³-hybridized carbons (Fsp3) is 0.636. The first-order valence-electron chi connectivity index (χ1n) is 10.5. The number of hydrogen-bond acceptors (Lipinski definition) is 3. The normalized spacial score (nSPS) is 19.8. The smallest absolute Gasteiger partial charge is 0.237 e. The van der Waals surface area contributed by atoms with E-state index >= 15 is 0 Å². The zero-order chi connectivity index (χ0) is 20.1. The van der Waals surface area contributed by atoms with Crippen LogP contribution in [0.25, 0.3) is 0 Å². The predicted molar refractivity (Wildman–Crippen MR) is 107 cm³/mol. The Bertz CT molecular complexity index is 680. The van der Waals surface area contributed by atoms with Crippen LogP contribution in [0.4, 0.5) is 4.39 Å². The lowest BCUT2D eigenvalue weighted by molar-refractivity contribution is -0.138. The molecule has 1 heterocycles. The molecule has 0 radical (unpaired) electrons. The third-order valence-electron chi connectivity index (χ3n) is 6.04. The number of hydrogen-bond donors (Lipinski definition) is 1. The van der Waals surface area contributed by atoms with Crippen molar-refractivity contribution in [2.75, 3.05) is 26.2 Å². The van der Waals surface area contributed by atoms with E-state index in [0.29, 0.717) is 37.7 Å². The largest absolute Gasteiger partial charge is 0.351 e. The van der Waals surface area contributed by atoms with E-state index in [1.807, 2.05) is 18.7 Å². The van der Waals surface area contributed by atoms with E-state index in [4.69, 9.17) is 0 Å². The number of rotatable bonds is 6. The molecule has 2 fully saturated rings. The zero-order valence-electron chi connectivity index (χ0n) is 17.0. The summed E-state index contributed by atoms with van der Waals surface area (Å²) in [6.45, 7) is 6.82. The first-order valence-corrected chi connectivity index (χ1v) is 10.5. The average Bonchev–Trinajstić information content (AvgIpc) is 3.21. The molecule has 1 N–H and O–H groups in total. The molecule has 1 unspecified atom stereocenters. The van der Waals surface area contributed by atoms with E-state index in [9.17, 15) is 14.0 Å². The second-order valence-electron chi connectivity index (χ2n) is 8.31. The number of carbonyl (C=O) groups is 2. The van der Waals surface area contributed by atoms with Crippen molar-refractivity contribution in [1.82, 2.24) is 15.1 Å². The van der Waals surface area contributed by atoms with Gasteiger partial charge in [-0.3, -0.25) is 14.5 Å². The summed E-state index contributed by atoms with van der Waals surface area (Å²) in [5.41, 5.74) is 0.508. The third-order valence-corrected chi connectivity index (χ3v) is 6.04. The van der Waals surface area contributed by atoms with Crippen molar-refractivity contribution in [2.24, 2.45) is 11.8 Å². The molecule has 28 heavy (non-hydrogen) atoms. The molecule has 1 saturated carbocycles. The summed E-state index contributed by atoms with van der Waals surface area (Å²) >= 11 is 0. The van der Waals surface area contributed by atoms with Gasteiger partial charge in [0.2, 0.25) is 11.8 Å². The Morgan fingerprint density at radius 2 is 1.75 bits per heavy atom. The monoisotopic (exact) mass is 389 g/mol. The summed E-state index contributed by atoms with van der Waals surface area (Å²) in [7, 11) is 0. The molecule has 1 atom stereocenters. The van der Waals surface area contributed by atoms with Crippen LogP contribution >= 0.6 is 0 Å². The van der Waals surface area contributed by atoms with E-state index in [0.717, 1.165) is 25.7 Å². The molecule has 2 amide bonds. The van der Waals surface area contributed by atoms with Crippen LogP contribution < -0.4 is 5.32 Å². The van der Waals surface area contributed by atoms with Crippen LogP contribution in [0.15, 0.2) is 24.3 Å². The molecule has 6 heteroatoms. The van der Waals surface area contributed by atoms with Crippen molar-refractivity contribution in [2.45, 2.75) is 52.1 Å². The molecular weight excluding hydrogens is 357 g/mol. The van der Waals surface area contributed by atoms with Crippen molar-refractivity contribution < 1.29 is 14.0 Å². The Hall–Kier alpha value is -1.95. The van der Waals surface area contributed by atoms with Crippen molar-refractivity contribution >= 4 is 11.8 Å². The average molecular weight is 390 g/mol. The summed E-state index contributed by atoms with van der Waals surface area (Å²) in [5.74, 6) is 0.218. The molecule has 1 aliphatic carbocycles. The number of piperazine rings is 1. The topological polar surface area (TPSA) is 52.7 Å². The zero-order valence-corrected chi connectivity index (χ0v) is 17.0. The van der Waals surface area contributed by atoms with Gasteiger partial charge in [-0.25, -0.2) is 4.39 Å². The standard InChI is InChI=1S/C22H32FN3O2/c1-16(2)22(28)26-13-11-25(12-14-26)20(17-7-3-4-8-17)21(27)24-15-18-9-5-6-10-19(18)23/h5-6,9-10,16-17,20H,3-4,7-8,11-15H2,1-2H3,(H,24,27). The van der Waals surface area contributed by atoms with E-state index in [1.54, 1.807) is 18.2 Å². The van der Waals surface area contributed by atoms with Gasteiger partial charge >= 0.3 is 0 Å². The molecule has 0 spiro atoms. The van der Waals surface area contributed by atoms with Crippen LogP contribution in [-0.2, 0) is 16.1 Å². The minimum absolute atomic E-state index is 0.00115. The van der Waals surface area contributed by atoms with Gasteiger partial charge in [-0.2, -0.15) is 0 Å². The molecule has 1 aromatic rings. The molecule has 1 aliphatic heterocycles. The molecule has 0 aromatic heterocycles. The highest BCUT2D eigenvalue weighted by atomic mass is 19.1. The van der Waals surface area contributed by atoms with Gasteiger partial charge in [0.1, 0.15) is 5.82 Å². The maximum atomic E-state index is 13.9. The molecule has 154 valence electrons. The van der Waals surface area contributed by atoms with Crippen LogP contribution in [0.3, 0.4) is 0 Å². The number of nitrogens with zero attached hydrogens (tertiary/aromatic N) is 2. The van der Waals surface area contributed by atoms with E-state index in [1.165, 1.54) is 6.07 Å². The number of benzene rings is 1. The minimum atomic E-state index is -0.291. The second-order valence-corrected chi connectivity index (χ2v) is 8.31. The van der Waals surface area contributed by atoms with Crippen molar-refractivity contribution in [3.8, 4) is 0 Å². The first-order chi connectivity index (χ1) is 13.5. The summed E-state index contributed by atoms with van der Waals surface area (Å²) in [6.07, 6.45) is 4.44. The van der Waals surface area contributed by atoms with Crippen LogP contribution in [0.5, 0.6) is 0 Å². The van der Waals surface area contributed by atoms with Gasteiger partial charge in [0.25, 0.3) is 0 Å². The highest BCUT2D eigenvalue weighted by Crippen LogP contribution is 2.31. The molecule has 1 aromatic carbocycles. The second kappa shape index (κ2) is 9.50. The first kappa shape index (κ1) is 20.8. The SMILES string of the molecule is CC(C)C(=O)N1CCN(C(C(=O)NCc2ccccc2F)C2CCCC2)CC1. The summed E-state index contributed by atoms with van der Waals surface area (Å²) in [6, 6.07) is 6.37. The number of amides is 2. The maximum absolute atomic E-state index is 13.9. The van der Waals surface area contributed by atoms with Crippen molar-refractivity contribution in [3.63, 3.8) is 0 Å². The Kier molecular flexibility index (Phi) is 7.05. The maximum Gasteiger partial charge on any atom is 0.237 e. The van der Waals surface area contributed by atoms with E-state index < -0.39 is 0 Å². The highest BCUT2D eigenvalue weighted by molar-refractivity contribution is 5.82. The highest BCUT2D eigenvalue weighted by Gasteiger charge is 2.37. The Morgan fingerprint density at radius 3 is 2.36 bits per heavy atom. The number of carbonyl (C=O) groups excluding carboxylic acids is 2. The lowest BCUT2D eigenvalue weighted by Gasteiger charge is -2.41. The Labute approximate surface area is 167 Å². The molecule has 5 nitrogen and oxygen atoms in total. The van der Waals surface area contributed by atoms with Gasteiger partial charge in [-0.1, -0.05) is 44.9 Å². The van der Waals surface area contributed by atoms with Crippen molar-refractivity contribution in [1.29, 1.82) is 0 Å². The Balaban J connectivity index is 1.63. The van der Waals surface area contributed by atoms with Crippen LogP contribution in [0.1, 0.15) is 45.1 Å². The Morgan fingerprint density at radius 1 is 1.11 bits per heavy atom. The lowest BCUT2D eigenvalue weighted by atomic mass is 9.94. The third kappa shape index (κ3) is 4.90. The van der Waals surface area contributed by atoms with E-state index in [2.05, 4.69) is 10.2 Å². The fourth-order valence-corrected chi connectivity index (χ4v) is 4.47. The molecule has 1 saturated heterocycles. The predicted octanol–water partition coefficient (Wildman–Crippen LogP) is 2.80. The van der Waals surface area contributed by atoms with Gasteiger partial charge < -0.3 is 10.2 Å². The molecule has 3 rings (SSSR count). The van der Waals surface area contributed by atoms with Crippen LogP contribution in [0.2, 0.25) is 0 Å². The number of halogens is 1.